The molecule has 4 heteroatoms. The zero-order valence-corrected chi connectivity index (χ0v) is 10.9. The van der Waals surface area contributed by atoms with Crippen molar-refractivity contribution in [1.29, 1.82) is 0 Å². The van der Waals surface area contributed by atoms with E-state index < -0.39 is 5.54 Å². The molecule has 17 heavy (non-hydrogen) atoms. The van der Waals surface area contributed by atoms with Crippen molar-refractivity contribution in [2.75, 3.05) is 13.7 Å². The van der Waals surface area contributed by atoms with Gasteiger partial charge in [-0.1, -0.05) is 6.92 Å². The van der Waals surface area contributed by atoms with Crippen LogP contribution in [-0.2, 0) is 9.53 Å². The minimum Gasteiger partial charge on any atom is -0.468 e. The number of hydrogen-bond donors (Lipinski definition) is 1. The fraction of sp³-hybridized carbons (Fsp3) is 0.923. The van der Waals surface area contributed by atoms with E-state index in [0.717, 1.165) is 31.8 Å². The Hall–Kier alpha value is -0.610. The summed E-state index contributed by atoms with van der Waals surface area (Å²) in [5, 5.41) is 0. The maximum Gasteiger partial charge on any atom is 0.325 e. The van der Waals surface area contributed by atoms with E-state index in [-0.39, 0.29) is 5.97 Å². The van der Waals surface area contributed by atoms with Crippen LogP contribution in [0.5, 0.6) is 0 Å². The van der Waals surface area contributed by atoms with Gasteiger partial charge in [-0.25, -0.2) is 0 Å². The van der Waals surface area contributed by atoms with E-state index in [9.17, 15) is 4.79 Å². The predicted octanol–water partition coefficient (Wildman–Crippen LogP) is 1.28. The van der Waals surface area contributed by atoms with Crippen molar-refractivity contribution >= 4 is 5.97 Å². The number of nitrogens with two attached hydrogens (primary N) is 1. The summed E-state index contributed by atoms with van der Waals surface area (Å²) >= 11 is 0. The lowest BCUT2D eigenvalue weighted by Gasteiger charge is -2.41. The van der Waals surface area contributed by atoms with Crippen molar-refractivity contribution < 1.29 is 9.53 Å². The molecule has 2 N–H and O–H groups in total. The van der Waals surface area contributed by atoms with Gasteiger partial charge in [0.25, 0.3) is 0 Å². The van der Waals surface area contributed by atoms with Crippen molar-refractivity contribution in [3.05, 3.63) is 0 Å². The molecule has 0 aromatic rings. The molecular formula is C13H24N2O2. The third-order valence-electron chi connectivity index (χ3n) is 4.20. The molecule has 2 atom stereocenters. The minimum absolute atomic E-state index is 0.242. The first-order valence-electron chi connectivity index (χ1n) is 6.74. The molecule has 0 aromatic carbocycles. The number of methoxy groups -OCH3 is 1. The smallest absolute Gasteiger partial charge is 0.325 e. The average Bonchev–Trinajstić information content (AvgIpc) is 3.13. The molecule has 0 aliphatic heterocycles. The Bertz CT molecular complexity index is 291. The first-order chi connectivity index (χ1) is 8.10. The minimum atomic E-state index is -0.750. The molecule has 2 aliphatic rings. The lowest BCUT2D eigenvalue weighted by atomic mass is 9.79. The number of ether oxygens (including phenoxy) is 1. The van der Waals surface area contributed by atoms with E-state index in [1.807, 2.05) is 0 Å². The summed E-state index contributed by atoms with van der Waals surface area (Å²) in [4.78, 5) is 14.3. The number of esters is 1. The van der Waals surface area contributed by atoms with E-state index >= 15 is 0 Å². The van der Waals surface area contributed by atoms with Crippen LogP contribution in [0, 0.1) is 0 Å². The summed E-state index contributed by atoms with van der Waals surface area (Å²) < 4.78 is 4.85. The van der Waals surface area contributed by atoms with Gasteiger partial charge in [-0.15, -0.1) is 0 Å². The maximum absolute atomic E-state index is 11.8. The van der Waals surface area contributed by atoms with Crippen molar-refractivity contribution in [1.82, 2.24) is 4.90 Å². The van der Waals surface area contributed by atoms with Crippen molar-refractivity contribution in [3.63, 3.8) is 0 Å². The summed E-state index contributed by atoms with van der Waals surface area (Å²) in [5.74, 6) is -0.242. The largest absolute Gasteiger partial charge is 0.468 e. The number of rotatable bonds is 4. The van der Waals surface area contributed by atoms with Gasteiger partial charge < -0.3 is 10.5 Å². The van der Waals surface area contributed by atoms with Gasteiger partial charge in [0.1, 0.15) is 5.54 Å². The Kier molecular flexibility index (Phi) is 3.73. The summed E-state index contributed by atoms with van der Waals surface area (Å²) in [6.07, 6.45) is 6.32. The van der Waals surface area contributed by atoms with E-state index in [4.69, 9.17) is 10.5 Å². The highest BCUT2D eigenvalue weighted by molar-refractivity contribution is 5.80. The van der Waals surface area contributed by atoms with E-state index in [2.05, 4.69) is 11.8 Å². The van der Waals surface area contributed by atoms with Gasteiger partial charge in [0.05, 0.1) is 7.11 Å². The van der Waals surface area contributed by atoms with Gasteiger partial charge in [-0.05, 0) is 45.1 Å². The molecule has 2 saturated carbocycles. The highest BCUT2D eigenvalue weighted by Crippen LogP contribution is 2.36. The second kappa shape index (κ2) is 4.94. The fourth-order valence-corrected chi connectivity index (χ4v) is 3.17. The molecule has 2 rings (SSSR count). The van der Waals surface area contributed by atoms with Crippen molar-refractivity contribution in [3.8, 4) is 0 Å². The third kappa shape index (κ3) is 2.63. The zero-order chi connectivity index (χ0) is 12.5. The molecule has 0 amide bonds. The van der Waals surface area contributed by atoms with Gasteiger partial charge in [0, 0.05) is 12.1 Å². The van der Waals surface area contributed by atoms with Crippen LogP contribution in [0.4, 0.5) is 0 Å². The van der Waals surface area contributed by atoms with Gasteiger partial charge in [-0.2, -0.15) is 0 Å². The molecule has 0 saturated heterocycles. The van der Waals surface area contributed by atoms with Gasteiger partial charge in [0.2, 0.25) is 0 Å². The molecule has 2 aliphatic carbocycles. The van der Waals surface area contributed by atoms with Gasteiger partial charge in [-0.3, -0.25) is 9.69 Å². The summed E-state index contributed by atoms with van der Waals surface area (Å²) in [6.45, 7) is 3.26. The normalized spacial score (nSPS) is 33.8. The standard InChI is InChI=1S/C13H24N2O2/c1-3-15(10-6-7-10)11-5-4-8-13(14,9-11)12(16)17-2/h10-11H,3-9,14H2,1-2H3. The predicted molar refractivity (Wildman–Crippen MR) is 66.6 cm³/mol. The fourth-order valence-electron chi connectivity index (χ4n) is 3.17. The molecule has 2 fully saturated rings. The third-order valence-corrected chi connectivity index (χ3v) is 4.20. The van der Waals surface area contributed by atoms with Crippen LogP contribution in [0.2, 0.25) is 0 Å². The summed E-state index contributed by atoms with van der Waals surface area (Å²) in [7, 11) is 1.43. The molecule has 0 heterocycles. The van der Waals surface area contributed by atoms with Gasteiger partial charge in [0.15, 0.2) is 0 Å². The zero-order valence-electron chi connectivity index (χ0n) is 10.9. The first kappa shape index (κ1) is 12.8. The topological polar surface area (TPSA) is 55.6 Å². The molecular weight excluding hydrogens is 216 g/mol. The summed E-state index contributed by atoms with van der Waals surface area (Å²) in [6, 6.07) is 1.20. The van der Waals surface area contributed by atoms with Gasteiger partial charge >= 0.3 is 5.97 Å². The Morgan fingerprint density at radius 3 is 2.65 bits per heavy atom. The van der Waals surface area contributed by atoms with Crippen LogP contribution >= 0.6 is 0 Å². The van der Waals surface area contributed by atoms with Crippen LogP contribution in [-0.4, -0.2) is 42.1 Å². The second-order valence-corrected chi connectivity index (χ2v) is 5.46. The van der Waals surface area contributed by atoms with Crippen LogP contribution in [0.3, 0.4) is 0 Å². The van der Waals surface area contributed by atoms with E-state index in [1.54, 1.807) is 0 Å². The highest BCUT2D eigenvalue weighted by atomic mass is 16.5. The van der Waals surface area contributed by atoms with Crippen LogP contribution in [0.25, 0.3) is 0 Å². The number of carbonyl (C=O) groups is 1. The Morgan fingerprint density at radius 1 is 1.41 bits per heavy atom. The molecule has 0 aromatic heterocycles. The number of hydrogen-bond acceptors (Lipinski definition) is 4. The maximum atomic E-state index is 11.8. The molecule has 0 bridgehead atoms. The monoisotopic (exact) mass is 240 g/mol. The van der Waals surface area contributed by atoms with E-state index in [1.165, 1.54) is 26.4 Å². The Labute approximate surface area is 103 Å². The lowest BCUT2D eigenvalue weighted by Crippen LogP contribution is -2.56. The molecule has 4 nitrogen and oxygen atoms in total. The first-order valence-corrected chi connectivity index (χ1v) is 6.74. The van der Waals surface area contributed by atoms with E-state index in [0.29, 0.717) is 6.04 Å². The second-order valence-electron chi connectivity index (χ2n) is 5.46. The average molecular weight is 240 g/mol. The highest BCUT2D eigenvalue weighted by Gasteiger charge is 2.44. The number of nitrogens with zero attached hydrogens (tertiary/aromatic N) is 1. The quantitative estimate of drug-likeness (QED) is 0.752. The van der Waals surface area contributed by atoms with Crippen molar-refractivity contribution in [2.45, 2.75) is 63.1 Å². The Morgan fingerprint density at radius 2 is 2.12 bits per heavy atom. The van der Waals surface area contributed by atoms with Crippen LogP contribution in [0.15, 0.2) is 0 Å². The molecule has 0 radical (unpaired) electrons. The summed E-state index contributed by atoms with van der Waals surface area (Å²) in [5.41, 5.74) is 5.47. The Balaban J connectivity index is 2.02. The molecule has 0 spiro atoms. The van der Waals surface area contributed by atoms with Crippen LogP contribution in [0.1, 0.15) is 45.4 Å². The van der Waals surface area contributed by atoms with Crippen LogP contribution < -0.4 is 5.73 Å². The number of carbonyl (C=O) groups excluding carboxylic acids is 1. The molecule has 98 valence electrons. The lowest BCUT2D eigenvalue weighted by molar-refractivity contribution is -0.149. The van der Waals surface area contributed by atoms with Crippen molar-refractivity contribution in [2.24, 2.45) is 5.73 Å². The SMILES string of the molecule is CCN(C1CC1)C1CCCC(N)(C(=O)OC)C1. The molecule has 2 unspecified atom stereocenters.